The van der Waals surface area contributed by atoms with Gasteiger partial charge in [0, 0.05) is 43.8 Å². The third kappa shape index (κ3) is 9.18. The first kappa shape index (κ1) is 29.2. The van der Waals surface area contributed by atoms with E-state index in [4.69, 9.17) is 14.3 Å². The number of halogens is 3. The molecule has 0 bridgehead atoms. The first-order valence-electron chi connectivity index (χ1n) is 12.8. The van der Waals surface area contributed by atoms with E-state index in [1.54, 1.807) is 6.07 Å². The number of amides is 1. The number of nitrogens with one attached hydrogen (secondary N) is 1. The number of unbranched alkanes of at least 4 members (excludes halogenated alkanes) is 3. The van der Waals surface area contributed by atoms with Gasteiger partial charge in [0.25, 0.3) is 5.91 Å². The Morgan fingerprint density at radius 3 is 2.29 bits per heavy atom. The number of rotatable bonds is 9. The van der Waals surface area contributed by atoms with Crippen LogP contribution in [0.1, 0.15) is 48.7 Å². The molecule has 0 atom stereocenters. The summed E-state index contributed by atoms with van der Waals surface area (Å²) in [4.78, 5) is 26.6. The van der Waals surface area contributed by atoms with E-state index in [9.17, 15) is 18.0 Å². The van der Waals surface area contributed by atoms with E-state index in [0.29, 0.717) is 5.76 Å². The Kier molecular flexibility index (Phi) is 10.7. The van der Waals surface area contributed by atoms with Gasteiger partial charge in [-0.3, -0.25) is 9.69 Å². The Morgan fingerprint density at radius 1 is 0.947 bits per heavy atom. The molecule has 1 aliphatic rings. The van der Waals surface area contributed by atoms with Crippen molar-refractivity contribution in [2.75, 3.05) is 38.0 Å². The Morgan fingerprint density at radius 2 is 1.63 bits per heavy atom. The van der Waals surface area contributed by atoms with Crippen LogP contribution in [0.3, 0.4) is 0 Å². The molecule has 206 valence electrons. The summed E-state index contributed by atoms with van der Waals surface area (Å²) in [5.74, 6) is -2.64. The smallest absolute Gasteiger partial charge is 0.475 e. The second-order valence-electron chi connectivity index (χ2n) is 9.28. The monoisotopic (exact) mass is 533 g/mol. The van der Waals surface area contributed by atoms with E-state index in [0.717, 1.165) is 49.4 Å². The Balaban J connectivity index is 0.000000505. The lowest BCUT2D eigenvalue weighted by Crippen LogP contribution is -2.46. The fraction of sp³-hybridized carbons (Fsp3) is 0.429. The van der Waals surface area contributed by atoms with Gasteiger partial charge in [-0.15, -0.1) is 0 Å². The normalized spacial score (nSPS) is 14.6. The predicted octanol–water partition coefficient (Wildman–Crippen LogP) is 6.02. The number of benzene rings is 2. The summed E-state index contributed by atoms with van der Waals surface area (Å²) in [6.45, 7) is 8.91. The fourth-order valence-electron chi connectivity index (χ4n) is 4.23. The minimum absolute atomic E-state index is 0.218. The SMILES string of the molecule is CCCCCCN1CCN(Cc2cccc(NC(=O)c3cc4ccccc4o3)c2)CC1.O=C(O)C(F)(F)F. The standard InChI is InChI=1S/C26H33N3O2.C2HF3O2/c1-2-3-4-7-13-28-14-16-29(17-15-28)20-21-9-8-11-23(18-21)27-26(30)25-19-22-10-5-6-12-24(22)31-25;3-2(4,5)1(6)7/h5-6,8-12,18-19H,2-4,7,13-17,20H2,1H3,(H,27,30);(H,6,7). The molecule has 7 nitrogen and oxygen atoms in total. The highest BCUT2D eigenvalue weighted by Gasteiger charge is 2.38. The molecule has 38 heavy (non-hydrogen) atoms. The van der Waals surface area contributed by atoms with Crippen molar-refractivity contribution in [3.8, 4) is 0 Å². The number of nitrogens with zero attached hydrogens (tertiary/aromatic N) is 2. The lowest BCUT2D eigenvalue weighted by molar-refractivity contribution is -0.192. The highest BCUT2D eigenvalue weighted by molar-refractivity contribution is 6.04. The van der Waals surface area contributed by atoms with Crippen LogP contribution >= 0.6 is 0 Å². The van der Waals surface area contributed by atoms with Crippen LogP contribution in [0.4, 0.5) is 18.9 Å². The molecule has 0 aliphatic carbocycles. The molecule has 0 saturated carbocycles. The van der Waals surface area contributed by atoms with E-state index < -0.39 is 12.1 Å². The van der Waals surface area contributed by atoms with Crippen molar-refractivity contribution >= 4 is 28.5 Å². The fourth-order valence-corrected chi connectivity index (χ4v) is 4.23. The highest BCUT2D eigenvalue weighted by Crippen LogP contribution is 2.21. The van der Waals surface area contributed by atoms with Crippen LogP contribution in [-0.2, 0) is 11.3 Å². The molecular weight excluding hydrogens is 499 g/mol. The third-order valence-electron chi connectivity index (χ3n) is 6.28. The van der Waals surface area contributed by atoms with Crippen molar-refractivity contribution in [1.29, 1.82) is 0 Å². The molecule has 3 aromatic rings. The molecule has 4 rings (SSSR count). The van der Waals surface area contributed by atoms with Gasteiger partial charge in [-0.05, 0) is 42.8 Å². The number of carboxylic acid groups (broad SMARTS) is 1. The Hall–Kier alpha value is -3.37. The van der Waals surface area contributed by atoms with Crippen molar-refractivity contribution < 1.29 is 32.3 Å². The average Bonchev–Trinajstić information content (AvgIpc) is 3.32. The van der Waals surface area contributed by atoms with Crippen LogP contribution in [0.25, 0.3) is 11.0 Å². The summed E-state index contributed by atoms with van der Waals surface area (Å²) in [5, 5.41) is 11.0. The van der Waals surface area contributed by atoms with E-state index >= 15 is 0 Å². The number of aliphatic carboxylic acids is 1. The van der Waals surface area contributed by atoms with Crippen LogP contribution in [0.2, 0.25) is 0 Å². The summed E-state index contributed by atoms with van der Waals surface area (Å²) in [5.41, 5.74) is 2.75. The lowest BCUT2D eigenvalue weighted by atomic mass is 10.1. The Labute approximate surface area is 220 Å². The molecule has 0 radical (unpaired) electrons. The van der Waals surface area contributed by atoms with E-state index in [2.05, 4.69) is 34.2 Å². The van der Waals surface area contributed by atoms with Crippen LogP contribution in [0, 0.1) is 0 Å². The molecule has 10 heteroatoms. The number of furan rings is 1. The number of carbonyl (C=O) groups is 2. The third-order valence-corrected chi connectivity index (χ3v) is 6.28. The molecule has 1 aliphatic heterocycles. The minimum atomic E-state index is -5.08. The minimum Gasteiger partial charge on any atom is -0.475 e. The first-order chi connectivity index (χ1) is 18.2. The molecule has 1 aromatic heterocycles. The number of hydrogen-bond acceptors (Lipinski definition) is 5. The molecule has 2 N–H and O–H groups in total. The van der Waals surface area contributed by atoms with Crippen LogP contribution in [0.15, 0.2) is 59.0 Å². The molecule has 0 unspecified atom stereocenters. The zero-order chi connectivity index (χ0) is 27.5. The van der Waals surface area contributed by atoms with Gasteiger partial charge in [0.15, 0.2) is 5.76 Å². The van der Waals surface area contributed by atoms with Crippen molar-refractivity contribution in [3.63, 3.8) is 0 Å². The number of alkyl halides is 3. The van der Waals surface area contributed by atoms with Crippen LogP contribution < -0.4 is 5.32 Å². The van der Waals surface area contributed by atoms with E-state index in [1.165, 1.54) is 37.8 Å². The van der Waals surface area contributed by atoms with Gasteiger partial charge in [-0.25, -0.2) is 4.79 Å². The highest BCUT2D eigenvalue weighted by atomic mass is 19.4. The van der Waals surface area contributed by atoms with Gasteiger partial charge >= 0.3 is 12.1 Å². The van der Waals surface area contributed by atoms with Gasteiger partial charge < -0.3 is 19.7 Å². The second-order valence-corrected chi connectivity index (χ2v) is 9.28. The quantitative estimate of drug-likeness (QED) is 0.328. The zero-order valence-electron chi connectivity index (χ0n) is 21.5. The van der Waals surface area contributed by atoms with Gasteiger partial charge in [0.2, 0.25) is 0 Å². The molecule has 1 saturated heterocycles. The van der Waals surface area contributed by atoms with Crippen LogP contribution in [0.5, 0.6) is 0 Å². The molecular formula is C28H34F3N3O4. The maximum Gasteiger partial charge on any atom is 0.490 e. The second kappa shape index (κ2) is 14.0. The van der Waals surface area contributed by atoms with Gasteiger partial charge in [0.1, 0.15) is 5.58 Å². The molecule has 2 heterocycles. The van der Waals surface area contributed by atoms with E-state index in [-0.39, 0.29) is 5.91 Å². The van der Waals surface area contributed by atoms with Gasteiger partial charge in [0.05, 0.1) is 0 Å². The largest absolute Gasteiger partial charge is 0.490 e. The van der Waals surface area contributed by atoms with Crippen LogP contribution in [-0.4, -0.2) is 65.7 Å². The maximum atomic E-state index is 12.6. The maximum absolute atomic E-state index is 12.6. The van der Waals surface area contributed by atoms with Crippen molar-refractivity contribution in [2.24, 2.45) is 0 Å². The number of hydrogen-bond donors (Lipinski definition) is 2. The number of carbonyl (C=O) groups excluding carboxylic acids is 1. The first-order valence-corrected chi connectivity index (χ1v) is 12.8. The average molecular weight is 534 g/mol. The number of fused-ring (bicyclic) bond motifs is 1. The number of anilines is 1. The molecule has 1 fully saturated rings. The van der Waals surface area contributed by atoms with Crippen molar-refractivity contribution in [3.05, 3.63) is 65.9 Å². The zero-order valence-corrected chi connectivity index (χ0v) is 21.5. The summed E-state index contributed by atoms with van der Waals surface area (Å²) < 4.78 is 37.4. The summed E-state index contributed by atoms with van der Waals surface area (Å²) in [7, 11) is 0. The van der Waals surface area contributed by atoms with Crippen molar-refractivity contribution in [1.82, 2.24) is 9.80 Å². The van der Waals surface area contributed by atoms with Gasteiger partial charge in [-0.2, -0.15) is 13.2 Å². The molecule has 1 amide bonds. The predicted molar refractivity (Wildman–Crippen MR) is 140 cm³/mol. The summed E-state index contributed by atoms with van der Waals surface area (Å²) in [6, 6.07) is 17.6. The van der Waals surface area contributed by atoms with Gasteiger partial charge in [-0.1, -0.05) is 56.5 Å². The molecule has 0 spiro atoms. The van der Waals surface area contributed by atoms with Crippen molar-refractivity contribution in [2.45, 2.75) is 45.3 Å². The Bertz CT molecular complexity index is 1150. The summed E-state index contributed by atoms with van der Waals surface area (Å²) >= 11 is 0. The number of para-hydroxylation sites is 1. The lowest BCUT2D eigenvalue weighted by Gasteiger charge is -2.34. The summed E-state index contributed by atoms with van der Waals surface area (Å²) in [6.07, 6.45) is 0.235. The molecule has 2 aromatic carbocycles. The number of piperazine rings is 1. The van der Waals surface area contributed by atoms with E-state index in [1.807, 2.05) is 36.4 Å². The number of carboxylic acids is 1. The topological polar surface area (TPSA) is 86.0 Å².